The summed E-state index contributed by atoms with van der Waals surface area (Å²) in [5, 5.41) is 8.80. The van der Waals surface area contributed by atoms with E-state index in [2.05, 4.69) is 16.0 Å². The molecule has 1 aliphatic rings. The van der Waals surface area contributed by atoms with Gasteiger partial charge in [0.2, 0.25) is 11.8 Å². The fraction of sp³-hybridized carbons (Fsp3) is 0.846. The Morgan fingerprint density at radius 2 is 2.06 bits per heavy atom. The third-order valence-corrected chi connectivity index (χ3v) is 3.10. The smallest absolute Gasteiger partial charge is 0.242 e. The Labute approximate surface area is 109 Å². The van der Waals surface area contributed by atoms with Crippen molar-refractivity contribution in [3.8, 4) is 0 Å². The summed E-state index contributed by atoms with van der Waals surface area (Å²) in [5.74, 6) is 0.286. The lowest BCUT2D eigenvalue weighted by atomic mass is 9.98. The van der Waals surface area contributed by atoms with Crippen LogP contribution in [-0.2, 0) is 9.59 Å². The van der Waals surface area contributed by atoms with E-state index in [1.54, 1.807) is 6.92 Å². The maximum Gasteiger partial charge on any atom is 0.242 e. The molecule has 1 saturated heterocycles. The molecule has 0 saturated carbocycles. The van der Waals surface area contributed by atoms with E-state index < -0.39 is 6.04 Å². The molecule has 5 heteroatoms. The van der Waals surface area contributed by atoms with Crippen LogP contribution < -0.4 is 16.0 Å². The van der Waals surface area contributed by atoms with Gasteiger partial charge in [0.05, 0.1) is 5.92 Å². The molecule has 5 nitrogen and oxygen atoms in total. The van der Waals surface area contributed by atoms with Crippen LogP contribution in [0.25, 0.3) is 0 Å². The Balaban J connectivity index is 2.31. The molecule has 0 aliphatic carbocycles. The van der Waals surface area contributed by atoms with E-state index in [1.165, 1.54) is 0 Å². The van der Waals surface area contributed by atoms with Crippen molar-refractivity contribution in [2.24, 2.45) is 11.8 Å². The van der Waals surface area contributed by atoms with Gasteiger partial charge in [0.15, 0.2) is 0 Å². The lowest BCUT2D eigenvalue weighted by Crippen LogP contribution is -2.49. The molecule has 0 aromatic heterocycles. The fourth-order valence-electron chi connectivity index (χ4n) is 1.93. The first kappa shape index (κ1) is 15.0. The van der Waals surface area contributed by atoms with E-state index in [1.807, 2.05) is 13.8 Å². The maximum absolute atomic E-state index is 11.9. The second-order valence-electron chi connectivity index (χ2n) is 5.41. The number of hydrogen-bond acceptors (Lipinski definition) is 3. The van der Waals surface area contributed by atoms with Crippen molar-refractivity contribution in [3.05, 3.63) is 0 Å². The van der Waals surface area contributed by atoms with Crippen LogP contribution in [0.2, 0.25) is 0 Å². The molecular weight excluding hydrogens is 230 g/mol. The highest BCUT2D eigenvalue weighted by Crippen LogP contribution is 2.09. The SMILES string of the molecule is CC(C)CNC(=O)C(C)NC(=O)[C@H]1CCCNC1. The lowest BCUT2D eigenvalue weighted by Gasteiger charge is -2.23. The van der Waals surface area contributed by atoms with Crippen LogP contribution in [0, 0.1) is 11.8 Å². The molecule has 0 radical (unpaired) electrons. The minimum absolute atomic E-state index is 0.000834. The van der Waals surface area contributed by atoms with Gasteiger partial charge >= 0.3 is 0 Å². The third-order valence-electron chi connectivity index (χ3n) is 3.10. The Hall–Kier alpha value is -1.10. The average molecular weight is 255 g/mol. The molecule has 1 heterocycles. The van der Waals surface area contributed by atoms with Crippen molar-refractivity contribution >= 4 is 11.8 Å². The van der Waals surface area contributed by atoms with Gasteiger partial charge in [-0.1, -0.05) is 13.8 Å². The Bertz CT molecular complexity index is 286. The van der Waals surface area contributed by atoms with E-state index in [-0.39, 0.29) is 17.7 Å². The van der Waals surface area contributed by atoms with Crippen molar-refractivity contribution in [3.63, 3.8) is 0 Å². The van der Waals surface area contributed by atoms with E-state index in [4.69, 9.17) is 0 Å². The van der Waals surface area contributed by atoms with Gasteiger partial charge in [-0.3, -0.25) is 9.59 Å². The number of piperidine rings is 1. The van der Waals surface area contributed by atoms with Crippen molar-refractivity contribution < 1.29 is 9.59 Å². The highest BCUT2D eigenvalue weighted by molar-refractivity contribution is 5.88. The molecule has 0 aromatic rings. The molecule has 1 aliphatic heterocycles. The van der Waals surface area contributed by atoms with Crippen molar-refractivity contribution in [2.75, 3.05) is 19.6 Å². The Morgan fingerprint density at radius 3 is 2.61 bits per heavy atom. The van der Waals surface area contributed by atoms with Gasteiger partial charge in [0.1, 0.15) is 6.04 Å². The highest BCUT2D eigenvalue weighted by atomic mass is 16.2. The van der Waals surface area contributed by atoms with Crippen LogP contribution in [0.1, 0.15) is 33.6 Å². The normalized spacial score (nSPS) is 21.4. The Morgan fingerprint density at radius 1 is 1.33 bits per heavy atom. The minimum Gasteiger partial charge on any atom is -0.354 e. The van der Waals surface area contributed by atoms with E-state index >= 15 is 0 Å². The molecular formula is C13H25N3O2. The molecule has 1 unspecified atom stereocenters. The second kappa shape index (κ2) is 7.36. The quantitative estimate of drug-likeness (QED) is 0.660. The summed E-state index contributed by atoms with van der Waals surface area (Å²) in [6.07, 6.45) is 1.92. The van der Waals surface area contributed by atoms with Crippen LogP contribution in [0.4, 0.5) is 0 Å². The summed E-state index contributed by atoms with van der Waals surface area (Å²) in [5.41, 5.74) is 0. The summed E-state index contributed by atoms with van der Waals surface area (Å²) in [6.45, 7) is 8.14. The van der Waals surface area contributed by atoms with E-state index in [0.717, 1.165) is 19.4 Å². The largest absolute Gasteiger partial charge is 0.354 e. The van der Waals surface area contributed by atoms with Crippen molar-refractivity contribution in [1.29, 1.82) is 0 Å². The van der Waals surface area contributed by atoms with Crippen LogP contribution >= 0.6 is 0 Å². The molecule has 104 valence electrons. The summed E-state index contributed by atoms with van der Waals surface area (Å²) in [7, 11) is 0. The van der Waals surface area contributed by atoms with Crippen LogP contribution in [-0.4, -0.2) is 37.5 Å². The molecule has 3 N–H and O–H groups in total. The standard InChI is InChI=1S/C13H25N3O2/c1-9(2)7-15-12(17)10(3)16-13(18)11-5-4-6-14-8-11/h9-11,14H,4-8H2,1-3H3,(H,15,17)(H,16,18)/t10?,11-/m0/s1. The van der Waals surface area contributed by atoms with Gasteiger partial charge in [-0.15, -0.1) is 0 Å². The summed E-state index contributed by atoms with van der Waals surface area (Å²) in [4.78, 5) is 23.6. The predicted octanol–water partition coefficient (Wildman–Crippen LogP) is 0.263. The monoisotopic (exact) mass is 255 g/mol. The number of amides is 2. The van der Waals surface area contributed by atoms with Crippen LogP contribution in [0.15, 0.2) is 0 Å². The summed E-state index contributed by atoms with van der Waals surface area (Å²) in [6, 6.07) is -0.460. The summed E-state index contributed by atoms with van der Waals surface area (Å²) < 4.78 is 0. The molecule has 0 aromatic carbocycles. The lowest BCUT2D eigenvalue weighted by molar-refractivity contribution is -0.131. The number of carbonyl (C=O) groups excluding carboxylic acids is 2. The molecule has 2 amide bonds. The first-order valence-electron chi connectivity index (χ1n) is 6.79. The van der Waals surface area contributed by atoms with E-state index in [0.29, 0.717) is 19.0 Å². The zero-order valence-corrected chi connectivity index (χ0v) is 11.6. The average Bonchev–Trinajstić information content (AvgIpc) is 2.36. The molecule has 0 bridgehead atoms. The van der Waals surface area contributed by atoms with Crippen LogP contribution in [0.3, 0.4) is 0 Å². The second-order valence-corrected chi connectivity index (χ2v) is 5.41. The zero-order chi connectivity index (χ0) is 13.5. The fourth-order valence-corrected chi connectivity index (χ4v) is 1.93. The first-order valence-corrected chi connectivity index (χ1v) is 6.79. The van der Waals surface area contributed by atoms with Gasteiger partial charge in [0, 0.05) is 13.1 Å². The summed E-state index contributed by atoms with van der Waals surface area (Å²) >= 11 is 0. The molecule has 1 fully saturated rings. The third kappa shape index (κ3) is 5.04. The number of nitrogens with one attached hydrogen (secondary N) is 3. The first-order chi connectivity index (χ1) is 8.50. The van der Waals surface area contributed by atoms with Gasteiger partial charge in [-0.05, 0) is 32.2 Å². The zero-order valence-electron chi connectivity index (χ0n) is 11.6. The molecule has 0 spiro atoms. The number of carbonyl (C=O) groups is 2. The van der Waals surface area contributed by atoms with Gasteiger partial charge in [0.25, 0.3) is 0 Å². The molecule has 1 rings (SSSR count). The number of hydrogen-bond donors (Lipinski definition) is 3. The van der Waals surface area contributed by atoms with Gasteiger partial charge < -0.3 is 16.0 Å². The van der Waals surface area contributed by atoms with Crippen molar-refractivity contribution in [2.45, 2.75) is 39.7 Å². The molecule has 18 heavy (non-hydrogen) atoms. The van der Waals surface area contributed by atoms with Gasteiger partial charge in [-0.2, -0.15) is 0 Å². The molecule has 2 atom stereocenters. The Kier molecular flexibility index (Phi) is 6.12. The van der Waals surface area contributed by atoms with Crippen molar-refractivity contribution in [1.82, 2.24) is 16.0 Å². The number of rotatable bonds is 5. The maximum atomic E-state index is 11.9. The highest BCUT2D eigenvalue weighted by Gasteiger charge is 2.24. The topological polar surface area (TPSA) is 70.2 Å². The van der Waals surface area contributed by atoms with E-state index in [9.17, 15) is 9.59 Å². The predicted molar refractivity (Wildman–Crippen MR) is 71.0 cm³/mol. The minimum atomic E-state index is -0.460. The van der Waals surface area contributed by atoms with Gasteiger partial charge in [-0.25, -0.2) is 0 Å². The van der Waals surface area contributed by atoms with Crippen LogP contribution in [0.5, 0.6) is 0 Å².